The van der Waals surface area contributed by atoms with Gasteiger partial charge in [-0.15, -0.1) is 0 Å². The maximum Gasteiger partial charge on any atom is 0.187 e. The maximum absolute atomic E-state index is 11.3. The molecule has 0 saturated carbocycles. The molecule has 5 heterocycles. The molecule has 0 saturated heterocycles. The highest BCUT2D eigenvalue weighted by molar-refractivity contribution is 6.27. The molecule has 0 aliphatic carbocycles. The van der Waals surface area contributed by atoms with Crippen LogP contribution in [0.1, 0.15) is 5.56 Å². The highest BCUT2D eigenvalue weighted by atomic mass is 15.1. The van der Waals surface area contributed by atoms with Crippen LogP contribution in [0.4, 0.5) is 5.69 Å². The smallest absolute Gasteiger partial charge is 0.187 e. The van der Waals surface area contributed by atoms with Crippen LogP contribution in [0.25, 0.3) is 160 Å². The molecular formula is C77H45N9. The minimum absolute atomic E-state index is 0.360. The molecular weight excluding hydrogens is 1050 g/mol. The van der Waals surface area contributed by atoms with Crippen molar-refractivity contribution < 1.29 is 0 Å². The number of aromatic nitrogens is 7. The number of fused-ring (bicyclic) bond motifs is 14. The fraction of sp³-hybridized carbons (Fsp3) is 0. The Morgan fingerprint density at radius 2 is 0.756 bits per heavy atom. The zero-order chi connectivity index (χ0) is 57.0. The van der Waals surface area contributed by atoms with Crippen LogP contribution in [0.3, 0.4) is 0 Å². The van der Waals surface area contributed by atoms with Crippen molar-refractivity contribution in [1.82, 2.24) is 33.2 Å². The third-order valence-electron chi connectivity index (χ3n) is 17.0. The molecule has 5 aromatic heterocycles. The molecule has 9 heteroatoms. The van der Waals surface area contributed by atoms with Gasteiger partial charge in [0.1, 0.15) is 0 Å². The van der Waals surface area contributed by atoms with Gasteiger partial charge in [-0.1, -0.05) is 170 Å². The van der Waals surface area contributed by atoms with Crippen LogP contribution in [0, 0.1) is 17.9 Å². The van der Waals surface area contributed by atoms with E-state index < -0.39 is 0 Å². The van der Waals surface area contributed by atoms with Gasteiger partial charge >= 0.3 is 0 Å². The molecule has 0 aliphatic heterocycles. The summed E-state index contributed by atoms with van der Waals surface area (Å²) in [5.41, 5.74) is 17.3. The van der Waals surface area contributed by atoms with Gasteiger partial charge in [-0.3, -0.25) is 0 Å². The molecule has 17 rings (SSSR count). The summed E-state index contributed by atoms with van der Waals surface area (Å²) < 4.78 is 9.39. The lowest BCUT2D eigenvalue weighted by atomic mass is 9.97. The topological polar surface area (TPSA) is 86.5 Å². The van der Waals surface area contributed by atoms with Crippen LogP contribution in [0.2, 0.25) is 0 Å². The zero-order valence-corrected chi connectivity index (χ0v) is 46.0. The van der Waals surface area contributed by atoms with Gasteiger partial charge in [0, 0.05) is 82.5 Å². The minimum atomic E-state index is 0.360. The molecule has 0 unspecified atom stereocenters. The number of hydrogen-bond donors (Lipinski definition) is 0. The van der Waals surface area contributed by atoms with E-state index in [4.69, 9.17) is 21.5 Å². The monoisotopic (exact) mass is 1100 g/mol. The molecule has 0 fully saturated rings. The first-order valence-corrected chi connectivity index (χ1v) is 28.6. The lowest BCUT2D eigenvalue weighted by Gasteiger charge is -2.16. The Labute approximate surface area is 492 Å². The van der Waals surface area contributed by atoms with Gasteiger partial charge < -0.3 is 18.3 Å². The molecule has 0 aliphatic rings. The quantitative estimate of drug-likeness (QED) is 0.142. The summed E-state index contributed by atoms with van der Waals surface area (Å²) in [7, 11) is 0. The Bertz CT molecular complexity index is 5740. The summed E-state index contributed by atoms with van der Waals surface area (Å²) >= 11 is 0. The Hall–Kier alpha value is -12.2. The van der Waals surface area contributed by atoms with Crippen molar-refractivity contribution in [2.75, 3.05) is 0 Å². The second-order valence-corrected chi connectivity index (χ2v) is 21.7. The summed E-state index contributed by atoms with van der Waals surface area (Å²) in [5.74, 6) is 1.25. The third-order valence-corrected chi connectivity index (χ3v) is 17.0. The second kappa shape index (κ2) is 19.2. The van der Waals surface area contributed by atoms with Crippen molar-refractivity contribution in [3.63, 3.8) is 0 Å². The molecule has 0 radical (unpaired) electrons. The third kappa shape index (κ3) is 7.32. The van der Waals surface area contributed by atoms with E-state index in [-0.39, 0.29) is 0 Å². The molecule has 0 spiro atoms. The molecule has 0 N–H and O–H groups in total. The van der Waals surface area contributed by atoms with Crippen LogP contribution in [0.15, 0.2) is 273 Å². The molecule has 17 aromatic rings. The van der Waals surface area contributed by atoms with Crippen LogP contribution in [0.5, 0.6) is 0 Å². The van der Waals surface area contributed by atoms with Gasteiger partial charge in [0.25, 0.3) is 0 Å². The predicted molar refractivity (Wildman–Crippen MR) is 350 cm³/mol. The Morgan fingerprint density at radius 3 is 1.29 bits per heavy atom. The highest BCUT2D eigenvalue weighted by Crippen LogP contribution is 2.46. The summed E-state index contributed by atoms with van der Waals surface area (Å²) in [6.07, 6.45) is 0. The Kier molecular flexibility index (Phi) is 10.8. The van der Waals surface area contributed by atoms with Gasteiger partial charge in [0.2, 0.25) is 0 Å². The first-order valence-electron chi connectivity index (χ1n) is 28.6. The Morgan fingerprint density at radius 1 is 0.314 bits per heavy atom. The summed E-state index contributed by atoms with van der Waals surface area (Å²) in [6.45, 7) is 8.12. The van der Waals surface area contributed by atoms with E-state index in [1.54, 1.807) is 0 Å². The Balaban J connectivity index is 0.867. The number of nitriles is 1. The average molecular weight is 1100 g/mol. The number of benzene rings is 12. The number of rotatable bonds is 8. The van der Waals surface area contributed by atoms with Crippen LogP contribution in [-0.2, 0) is 0 Å². The first-order chi connectivity index (χ1) is 42.6. The molecule has 0 amide bonds. The second-order valence-electron chi connectivity index (χ2n) is 21.7. The molecule has 398 valence electrons. The molecule has 0 atom stereocenters. The van der Waals surface area contributed by atoms with Gasteiger partial charge in [0.05, 0.1) is 62.3 Å². The summed E-state index contributed by atoms with van der Waals surface area (Å²) in [4.78, 5) is 19.7. The number of para-hydroxylation sites is 6. The van der Waals surface area contributed by atoms with E-state index in [2.05, 4.69) is 235 Å². The fourth-order valence-corrected chi connectivity index (χ4v) is 13.4. The van der Waals surface area contributed by atoms with E-state index in [1.807, 2.05) is 66.7 Å². The van der Waals surface area contributed by atoms with E-state index in [1.165, 1.54) is 21.5 Å². The number of hydrogen-bond acceptors (Lipinski definition) is 4. The molecule has 9 nitrogen and oxygen atoms in total. The van der Waals surface area contributed by atoms with Crippen molar-refractivity contribution >= 4 is 92.9 Å². The van der Waals surface area contributed by atoms with Crippen molar-refractivity contribution in [1.29, 1.82) is 5.26 Å². The zero-order valence-electron chi connectivity index (χ0n) is 46.0. The fourth-order valence-electron chi connectivity index (χ4n) is 13.4. The lowest BCUT2D eigenvalue weighted by Crippen LogP contribution is -2.03. The SMILES string of the molecule is [C-]#[N+]c1cccc(-c2cc(-n3c4ccccc4c4c3ccc3c5ccccc5n(-c5ccccc5)c34)ccc2-c2nc(-c3ccccc3)nc(-c3ccc(-n4c5ccccc5c5c4ccc4c6ccccc6n(-c6ccccc6)c45)cc3C#N)n2)c1. The van der Waals surface area contributed by atoms with E-state index in [0.29, 0.717) is 34.3 Å². The normalized spacial score (nSPS) is 11.7. The van der Waals surface area contributed by atoms with Crippen molar-refractivity contribution in [2.24, 2.45) is 0 Å². The van der Waals surface area contributed by atoms with Crippen LogP contribution in [-0.4, -0.2) is 33.2 Å². The van der Waals surface area contributed by atoms with E-state index >= 15 is 0 Å². The maximum atomic E-state index is 11.3. The molecule has 12 aromatic carbocycles. The van der Waals surface area contributed by atoms with Gasteiger partial charge in [-0.05, 0) is 114 Å². The lowest BCUT2D eigenvalue weighted by molar-refractivity contribution is 1.07. The first kappa shape index (κ1) is 48.5. The van der Waals surface area contributed by atoms with Crippen molar-refractivity contribution in [3.05, 3.63) is 290 Å². The standard InChI is InChI=1S/C77H45N9/c1-79-51-23-19-22-49(44-51)64-46-55(84-68-35-18-14-31-63(68)72-70(84)43-41-60-58-29-12-16-33-66(58)86(74(60)72)53-26-9-4-10-27-53)37-39-61(64)77-81-75(48-20-5-2-6-21-48)80-76(82-77)56-38-36-54(45-50(56)47-78)83-67-34-17-13-30-62(67)71-69(83)42-40-59-57-28-11-15-32-65(57)85(73(59)71)52-24-7-3-8-25-52/h2-46H. The molecule has 86 heavy (non-hydrogen) atoms. The van der Waals surface area contributed by atoms with Gasteiger partial charge in [-0.25, -0.2) is 19.8 Å². The minimum Gasteiger partial charge on any atom is -0.309 e. The van der Waals surface area contributed by atoms with Crippen molar-refractivity contribution in [2.45, 2.75) is 0 Å². The van der Waals surface area contributed by atoms with Gasteiger partial charge in [0.15, 0.2) is 23.2 Å². The summed E-state index contributed by atoms with van der Waals surface area (Å²) in [5, 5.41) is 20.5. The highest BCUT2D eigenvalue weighted by Gasteiger charge is 2.25. The predicted octanol–water partition coefficient (Wildman–Crippen LogP) is 19.4. The van der Waals surface area contributed by atoms with E-state index in [9.17, 15) is 5.26 Å². The summed E-state index contributed by atoms with van der Waals surface area (Å²) in [6, 6.07) is 97.2. The molecule has 0 bridgehead atoms. The van der Waals surface area contributed by atoms with Crippen LogP contribution < -0.4 is 0 Å². The largest absolute Gasteiger partial charge is 0.309 e. The van der Waals surface area contributed by atoms with Crippen molar-refractivity contribution in [3.8, 4) is 74.1 Å². The average Bonchev–Trinajstić information content (AvgIpc) is 1.62. The van der Waals surface area contributed by atoms with Gasteiger partial charge in [-0.2, -0.15) is 5.26 Å². The van der Waals surface area contributed by atoms with Crippen LogP contribution >= 0.6 is 0 Å². The number of nitrogens with zero attached hydrogens (tertiary/aromatic N) is 9. The van der Waals surface area contributed by atoms with E-state index in [0.717, 1.165) is 111 Å².